The Labute approximate surface area is 116 Å². The van der Waals surface area contributed by atoms with Crippen LogP contribution in [-0.4, -0.2) is 46.7 Å². The molecule has 106 valence electrons. The third kappa shape index (κ3) is 5.75. The highest BCUT2D eigenvalue weighted by Crippen LogP contribution is 2.20. The Morgan fingerprint density at radius 3 is 2.79 bits per heavy atom. The molecule has 8 heteroatoms. The van der Waals surface area contributed by atoms with E-state index >= 15 is 0 Å². The van der Waals surface area contributed by atoms with Crippen molar-refractivity contribution in [3.05, 3.63) is 22.2 Å². The number of thioether (sulfide) groups is 1. The summed E-state index contributed by atoms with van der Waals surface area (Å²) in [6, 6.07) is 2.81. The molecule has 1 aromatic rings. The summed E-state index contributed by atoms with van der Waals surface area (Å²) in [5.41, 5.74) is 0.00906. The van der Waals surface area contributed by atoms with Crippen molar-refractivity contribution < 1.29 is 10.0 Å². The molecule has 0 saturated carbocycles. The van der Waals surface area contributed by atoms with Crippen LogP contribution in [0.5, 0.6) is 0 Å². The van der Waals surface area contributed by atoms with E-state index in [1.807, 2.05) is 0 Å². The van der Waals surface area contributed by atoms with Crippen molar-refractivity contribution in [2.24, 2.45) is 0 Å². The largest absolute Gasteiger partial charge is 0.396 e. The molecule has 7 nitrogen and oxygen atoms in total. The lowest BCUT2D eigenvalue weighted by atomic mass is 10.3. The van der Waals surface area contributed by atoms with Crippen LogP contribution in [0.1, 0.15) is 6.42 Å². The van der Waals surface area contributed by atoms with Crippen LogP contribution in [0.4, 0.5) is 17.3 Å². The number of nitrogens with one attached hydrogen (secondary N) is 2. The van der Waals surface area contributed by atoms with Crippen LogP contribution in [0.25, 0.3) is 0 Å². The molecule has 0 bridgehead atoms. The maximum absolute atomic E-state index is 10.8. The van der Waals surface area contributed by atoms with Crippen LogP contribution in [0, 0.1) is 10.1 Å². The van der Waals surface area contributed by atoms with Gasteiger partial charge in [0, 0.05) is 26.0 Å². The number of hydrogen-bond acceptors (Lipinski definition) is 7. The number of nitrogens with zero attached hydrogens (tertiary/aromatic N) is 2. The summed E-state index contributed by atoms with van der Waals surface area (Å²) in [5.74, 6) is 2.72. The van der Waals surface area contributed by atoms with Gasteiger partial charge in [-0.3, -0.25) is 10.1 Å². The Morgan fingerprint density at radius 1 is 1.42 bits per heavy atom. The second kappa shape index (κ2) is 8.54. The molecule has 1 aromatic heterocycles. The first-order chi connectivity index (χ1) is 9.17. The Morgan fingerprint density at radius 2 is 2.16 bits per heavy atom. The predicted molar refractivity (Wildman–Crippen MR) is 78.0 cm³/mol. The van der Waals surface area contributed by atoms with Gasteiger partial charge >= 0.3 is 0 Å². The lowest BCUT2D eigenvalue weighted by Gasteiger charge is -2.07. The van der Waals surface area contributed by atoms with Gasteiger partial charge in [-0.2, -0.15) is 11.8 Å². The molecule has 0 aliphatic rings. The van der Waals surface area contributed by atoms with Crippen molar-refractivity contribution in [2.45, 2.75) is 6.42 Å². The highest BCUT2D eigenvalue weighted by Gasteiger charge is 2.10. The number of aliphatic hydroxyl groups is 1. The summed E-state index contributed by atoms with van der Waals surface area (Å²) < 4.78 is 0. The van der Waals surface area contributed by atoms with E-state index in [-0.39, 0.29) is 12.3 Å². The predicted octanol–water partition coefficient (Wildman–Crippen LogP) is 1.56. The minimum atomic E-state index is -0.441. The van der Waals surface area contributed by atoms with Gasteiger partial charge < -0.3 is 15.7 Å². The fourth-order valence-corrected chi connectivity index (χ4v) is 2.14. The number of anilines is 2. The van der Waals surface area contributed by atoms with Gasteiger partial charge in [-0.1, -0.05) is 0 Å². The van der Waals surface area contributed by atoms with E-state index in [9.17, 15) is 10.1 Å². The van der Waals surface area contributed by atoms with E-state index in [2.05, 4.69) is 15.6 Å². The molecule has 0 spiro atoms. The molecule has 0 atom stereocenters. The average Bonchev–Trinajstić information content (AvgIpc) is 2.42. The van der Waals surface area contributed by atoms with Gasteiger partial charge in [-0.15, -0.1) is 0 Å². The van der Waals surface area contributed by atoms with Crippen molar-refractivity contribution in [3.63, 3.8) is 0 Å². The Hall–Kier alpha value is -1.54. The molecule has 0 aromatic carbocycles. The molecule has 0 aliphatic carbocycles. The molecule has 0 radical (unpaired) electrons. The molecule has 1 rings (SSSR count). The lowest BCUT2D eigenvalue weighted by Crippen LogP contribution is -2.08. The third-order valence-electron chi connectivity index (χ3n) is 2.28. The first kappa shape index (κ1) is 15.5. The Balaban J connectivity index is 2.48. The van der Waals surface area contributed by atoms with E-state index < -0.39 is 4.92 Å². The van der Waals surface area contributed by atoms with Gasteiger partial charge in [0.25, 0.3) is 5.69 Å². The van der Waals surface area contributed by atoms with Crippen molar-refractivity contribution >= 4 is 29.1 Å². The van der Waals surface area contributed by atoms with E-state index in [0.717, 1.165) is 17.9 Å². The molecular formula is C11H18N4O3S. The highest BCUT2D eigenvalue weighted by atomic mass is 32.2. The van der Waals surface area contributed by atoms with Crippen molar-refractivity contribution in [2.75, 3.05) is 42.3 Å². The minimum Gasteiger partial charge on any atom is -0.396 e. The number of hydrogen-bond donors (Lipinski definition) is 3. The van der Waals surface area contributed by atoms with E-state index in [0.29, 0.717) is 18.2 Å². The number of rotatable bonds is 9. The molecule has 0 saturated heterocycles. The normalized spacial score (nSPS) is 10.2. The zero-order valence-electron chi connectivity index (χ0n) is 10.8. The molecule has 0 amide bonds. The highest BCUT2D eigenvalue weighted by molar-refractivity contribution is 7.99. The number of aromatic nitrogens is 1. The summed E-state index contributed by atoms with van der Waals surface area (Å²) in [7, 11) is 1.67. The average molecular weight is 286 g/mol. The van der Waals surface area contributed by atoms with Crippen LogP contribution in [0.3, 0.4) is 0 Å². The van der Waals surface area contributed by atoms with Crippen molar-refractivity contribution in [3.8, 4) is 0 Å². The molecule has 0 aliphatic heterocycles. The van der Waals surface area contributed by atoms with Crippen molar-refractivity contribution in [1.82, 2.24) is 4.98 Å². The maximum Gasteiger partial charge on any atom is 0.276 e. The summed E-state index contributed by atoms with van der Waals surface area (Å²) in [5, 5.41) is 25.2. The topological polar surface area (TPSA) is 100 Å². The number of pyridine rings is 1. The van der Waals surface area contributed by atoms with Gasteiger partial charge in [0.1, 0.15) is 11.6 Å². The molecular weight excluding hydrogens is 268 g/mol. The van der Waals surface area contributed by atoms with Gasteiger partial charge in [0.15, 0.2) is 0 Å². The zero-order valence-corrected chi connectivity index (χ0v) is 11.6. The van der Waals surface area contributed by atoms with E-state index in [1.54, 1.807) is 18.8 Å². The first-order valence-corrected chi connectivity index (χ1v) is 7.09. The first-order valence-electron chi connectivity index (χ1n) is 5.94. The number of nitro groups is 1. The van der Waals surface area contributed by atoms with Crippen molar-refractivity contribution in [1.29, 1.82) is 0 Å². The Bertz CT molecular complexity index is 417. The molecule has 19 heavy (non-hydrogen) atoms. The van der Waals surface area contributed by atoms with Gasteiger partial charge in [-0.25, -0.2) is 4.98 Å². The van der Waals surface area contributed by atoms with E-state index in [4.69, 9.17) is 5.11 Å². The van der Waals surface area contributed by atoms with Crippen LogP contribution in [0.15, 0.2) is 12.1 Å². The summed E-state index contributed by atoms with van der Waals surface area (Å²) in [6.45, 7) is 0.881. The van der Waals surface area contributed by atoms with Crippen LogP contribution >= 0.6 is 11.8 Å². The van der Waals surface area contributed by atoms with Gasteiger partial charge in [0.2, 0.25) is 0 Å². The quantitative estimate of drug-likeness (QED) is 0.360. The fourth-order valence-electron chi connectivity index (χ4n) is 1.36. The number of aliphatic hydroxyl groups excluding tert-OH is 1. The monoisotopic (exact) mass is 286 g/mol. The van der Waals surface area contributed by atoms with Crippen LogP contribution in [0.2, 0.25) is 0 Å². The van der Waals surface area contributed by atoms with Gasteiger partial charge in [0.05, 0.1) is 17.1 Å². The Kier molecular flexibility index (Phi) is 6.98. The smallest absolute Gasteiger partial charge is 0.276 e. The van der Waals surface area contributed by atoms with Crippen LogP contribution < -0.4 is 10.6 Å². The zero-order chi connectivity index (χ0) is 14.1. The minimum absolute atomic E-state index is 0.00906. The second-order valence-corrected chi connectivity index (χ2v) is 4.94. The fraction of sp³-hybridized carbons (Fsp3) is 0.545. The maximum atomic E-state index is 10.8. The van der Waals surface area contributed by atoms with Crippen LogP contribution in [-0.2, 0) is 0 Å². The molecule has 0 unspecified atom stereocenters. The second-order valence-electron chi connectivity index (χ2n) is 3.72. The molecule has 1 heterocycles. The standard InChI is InChI=1S/C11H18N4O3S/c1-12-10-7-9(15(17)18)8-11(14-10)13-3-6-19-5-2-4-16/h7-8,16H,2-6H2,1H3,(H2,12,13,14). The summed E-state index contributed by atoms with van der Waals surface area (Å²) in [6.07, 6.45) is 0.781. The van der Waals surface area contributed by atoms with Gasteiger partial charge in [-0.05, 0) is 12.2 Å². The summed E-state index contributed by atoms with van der Waals surface area (Å²) in [4.78, 5) is 14.5. The summed E-state index contributed by atoms with van der Waals surface area (Å²) >= 11 is 1.72. The molecule has 3 N–H and O–H groups in total. The molecule has 0 fully saturated rings. The SMILES string of the molecule is CNc1cc([N+](=O)[O-])cc(NCCSCCCO)n1. The van der Waals surface area contributed by atoms with E-state index in [1.165, 1.54) is 12.1 Å². The lowest BCUT2D eigenvalue weighted by molar-refractivity contribution is -0.384. The third-order valence-corrected chi connectivity index (χ3v) is 3.35.